The van der Waals surface area contributed by atoms with E-state index in [9.17, 15) is 0 Å². The van der Waals surface area contributed by atoms with E-state index in [-0.39, 0.29) is 6.04 Å². The minimum absolute atomic E-state index is 0.250. The summed E-state index contributed by atoms with van der Waals surface area (Å²) in [5.41, 5.74) is 8.94. The van der Waals surface area contributed by atoms with Crippen molar-refractivity contribution in [1.29, 1.82) is 0 Å². The van der Waals surface area contributed by atoms with Gasteiger partial charge >= 0.3 is 0 Å². The van der Waals surface area contributed by atoms with Gasteiger partial charge < -0.3 is 5.73 Å². The zero-order valence-corrected chi connectivity index (χ0v) is 11.9. The highest BCUT2D eigenvalue weighted by Gasteiger charge is 2.32. The lowest BCUT2D eigenvalue weighted by atomic mass is 9.90. The first kappa shape index (κ1) is 13.6. The third kappa shape index (κ3) is 2.59. The third-order valence-corrected chi connectivity index (χ3v) is 3.88. The molecule has 2 atom stereocenters. The van der Waals surface area contributed by atoms with Gasteiger partial charge in [-0.15, -0.1) is 0 Å². The molecule has 2 rings (SSSR count). The average molecular weight is 250 g/mol. The van der Waals surface area contributed by atoms with Crippen molar-refractivity contribution in [3.63, 3.8) is 0 Å². The van der Waals surface area contributed by atoms with Crippen LogP contribution in [0.4, 0.5) is 0 Å². The van der Waals surface area contributed by atoms with Gasteiger partial charge in [0.25, 0.3) is 0 Å². The van der Waals surface area contributed by atoms with Gasteiger partial charge in [-0.3, -0.25) is 9.58 Å². The van der Waals surface area contributed by atoms with Gasteiger partial charge in [0.2, 0.25) is 0 Å². The van der Waals surface area contributed by atoms with Crippen molar-refractivity contribution >= 4 is 0 Å². The van der Waals surface area contributed by atoms with Gasteiger partial charge in [-0.25, -0.2) is 0 Å². The summed E-state index contributed by atoms with van der Waals surface area (Å²) >= 11 is 0. The molecule has 0 spiro atoms. The van der Waals surface area contributed by atoms with Crippen LogP contribution >= 0.6 is 0 Å². The molecule has 4 heteroatoms. The minimum Gasteiger partial charge on any atom is -0.326 e. The van der Waals surface area contributed by atoms with Crippen molar-refractivity contribution < 1.29 is 0 Å². The van der Waals surface area contributed by atoms with Gasteiger partial charge in [-0.1, -0.05) is 13.8 Å². The summed E-state index contributed by atoms with van der Waals surface area (Å²) in [6, 6.07) is 0.613. The number of nitrogens with zero attached hydrogens (tertiary/aromatic N) is 3. The molecule has 0 aliphatic carbocycles. The first-order valence-electron chi connectivity index (χ1n) is 7.19. The summed E-state index contributed by atoms with van der Waals surface area (Å²) in [5, 5.41) is 4.57. The fourth-order valence-electron chi connectivity index (χ4n) is 3.14. The predicted octanol–water partition coefficient (Wildman–Crippen LogP) is 1.86. The van der Waals surface area contributed by atoms with Gasteiger partial charge in [-0.05, 0) is 38.8 Å². The van der Waals surface area contributed by atoms with E-state index in [2.05, 4.69) is 30.0 Å². The molecule has 1 aliphatic heterocycles. The lowest BCUT2D eigenvalue weighted by molar-refractivity contribution is 0.128. The Morgan fingerprint density at radius 2 is 2.22 bits per heavy atom. The van der Waals surface area contributed by atoms with Gasteiger partial charge in [0.05, 0.1) is 11.7 Å². The van der Waals surface area contributed by atoms with E-state index in [0.29, 0.717) is 6.04 Å². The molecule has 0 aromatic carbocycles. The maximum atomic E-state index is 6.39. The van der Waals surface area contributed by atoms with Crippen molar-refractivity contribution in [2.75, 3.05) is 13.1 Å². The Kier molecular flexibility index (Phi) is 4.40. The smallest absolute Gasteiger partial charge is 0.0670 e. The van der Waals surface area contributed by atoms with Crippen LogP contribution in [0, 0.1) is 0 Å². The van der Waals surface area contributed by atoms with Crippen molar-refractivity contribution in [2.45, 2.75) is 51.6 Å². The van der Waals surface area contributed by atoms with Gasteiger partial charge in [0.15, 0.2) is 0 Å². The average Bonchev–Trinajstić information content (AvgIpc) is 2.71. The zero-order chi connectivity index (χ0) is 13.1. The van der Waals surface area contributed by atoms with Crippen LogP contribution in [-0.2, 0) is 13.5 Å². The summed E-state index contributed by atoms with van der Waals surface area (Å²) in [5.74, 6) is 0. The second-order valence-electron chi connectivity index (χ2n) is 5.35. The van der Waals surface area contributed by atoms with Crippen LogP contribution in [0.3, 0.4) is 0 Å². The molecule has 2 N–H and O–H groups in total. The Morgan fingerprint density at radius 3 is 2.89 bits per heavy atom. The molecule has 1 fully saturated rings. The second kappa shape index (κ2) is 5.85. The molecule has 0 bridgehead atoms. The third-order valence-electron chi connectivity index (χ3n) is 3.88. The molecule has 1 aliphatic rings. The van der Waals surface area contributed by atoms with Crippen molar-refractivity contribution in [3.8, 4) is 0 Å². The van der Waals surface area contributed by atoms with Crippen molar-refractivity contribution in [1.82, 2.24) is 14.7 Å². The maximum absolute atomic E-state index is 6.39. The van der Waals surface area contributed by atoms with Crippen molar-refractivity contribution in [3.05, 3.63) is 17.5 Å². The van der Waals surface area contributed by atoms with E-state index >= 15 is 0 Å². The fraction of sp³-hybridized carbons (Fsp3) is 0.786. The number of piperidine rings is 1. The van der Waals surface area contributed by atoms with Gasteiger partial charge in [-0.2, -0.15) is 5.10 Å². The monoisotopic (exact) mass is 250 g/mol. The van der Waals surface area contributed by atoms with Crippen LogP contribution in [0.25, 0.3) is 0 Å². The summed E-state index contributed by atoms with van der Waals surface area (Å²) in [7, 11) is 2.00. The summed E-state index contributed by atoms with van der Waals surface area (Å²) in [6.45, 7) is 6.71. The SMILES string of the molecule is CCCN1CCCC(N)C1c1cn(C)nc1CC. The molecule has 4 nitrogen and oxygen atoms in total. The Morgan fingerprint density at radius 1 is 1.44 bits per heavy atom. The molecule has 0 saturated carbocycles. The lowest BCUT2D eigenvalue weighted by Gasteiger charge is -2.39. The van der Waals surface area contributed by atoms with E-state index in [1.54, 1.807) is 0 Å². The van der Waals surface area contributed by atoms with Crippen LogP contribution in [-0.4, -0.2) is 33.8 Å². The Hall–Kier alpha value is -0.870. The molecule has 18 heavy (non-hydrogen) atoms. The zero-order valence-electron chi connectivity index (χ0n) is 11.9. The Bertz CT molecular complexity index is 383. The van der Waals surface area contributed by atoms with Crippen LogP contribution in [0.5, 0.6) is 0 Å². The van der Waals surface area contributed by atoms with E-state index in [1.807, 2.05) is 11.7 Å². The standard InChI is InChI=1S/C14H26N4/c1-4-8-18-9-6-7-12(15)14(18)11-10-17(3)16-13(11)5-2/h10,12,14H,4-9,15H2,1-3H3. The lowest BCUT2D eigenvalue weighted by Crippen LogP contribution is -2.46. The topological polar surface area (TPSA) is 47.1 Å². The Labute approximate surface area is 110 Å². The number of aromatic nitrogens is 2. The molecule has 1 aromatic rings. The molecule has 102 valence electrons. The molecule has 0 radical (unpaired) electrons. The molecule has 2 unspecified atom stereocenters. The highest BCUT2D eigenvalue weighted by Crippen LogP contribution is 2.32. The van der Waals surface area contributed by atoms with Crippen LogP contribution < -0.4 is 5.73 Å². The number of aryl methyl sites for hydroxylation is 2. The summed E-state index contributed by atoms with van der Waals surface area (Å²) in [6.07, 6.45) is 6.68. The van der Waals surface area contributed by atoms with Crippen LogP contribution in [0.1, 0.15) is 50.4 Å². The van der Waals surface area contributed by atoms with E-state index in [0.717, 1.165) is 19.4 Å². The first-order valence-corrected chi connectivity index (χ1v) is 7.19. The van der Waals surface area contributed by atoms with Crippen LogP contribution in [0.2, 0.25) is 0 Å². The van der Waals surface area contributed by atoms with E-state index in [4.69, 9.17) is 5.73 Å². The van der Waals surface area contributed by atoms with E-state index in [1.165, 1.54) is 30.6 Å². The highest BCUT2D eigenvalue weighted by molar-refractivity contribution is 5.24. The number of rotatable bonds is 4. The molecule has 1 aromatic heterocycles. The molecular formula is C14H26N4. The number of nitrogens with two attached hydrogens (primary N) is 1. The van der Waals surface area contributed by atoms with Gasteiger partial charge in [0, 0.05) is 24.8 Å². The number of hydrogen-bond donors (Lipinski definition) is 1. The highest BCUT2D eigenvalue weighted by atomic mass is 15.3. The number of hydrogen-bond acceptors (Lipinski definition) is 3. The largest absolute Gasteiger partial charge is 0.326 e. The second-order valence-corrected chi connectivity index (χ2v) is 5.35. The predicted molar refractivity (Wildman–Crippen MR) is 74.4 cm³/mol. The van der Waals surface area contributed by atoms with Crippen molar-refractivity contribution in [2.24, 2.45) is 12.8 Å². The maximum Gasteiger partial charge on any atom is 0.0670 e. The fourth-order valence-corrected chi connectivity index (χ4v) is 3.14. The minimum atomic E-state index is 0.250. The van der Waals surface area contributed by atoms with Crippen LogP contribution in [0.15, 0.2) is 6.20 Å². The molecule has 0 amide bonds. The van der Waals surface area contributed by atoms with Gasteiger partial charge in [0.1, 0.15) is 0 Å². The summed E-state index contributed by atoms with van der Waals surface area (Å²) in [4.78, 5) is 2.55. The Balaban J connectivity index is 2.30. The summed E-state index contributed by atoms with van der Waals surface area (Å²) < 4.78 is 1.93. The first-order chi connectivity index (χ1) is 8.67. The molecular weight excluding hydrogens is 224 g/mol. The normalized spacial score (nSPS) is 25.6. The van der Waals surface area contributed by atoms with E-state index < -0.39 is 0 Å². The molecule has 2 heterocycles. The quantitative estimate of drug-likeness (QED) is 0.887. The number of likely N-dealkylation sites (tertiary alicyclic amines) is 1. The molecule has 1 saturated heterocycles.